The van der Waals surface area contributed by atoms with Gasteiger partial charge in [0.2, 0.25) is 0 Å². The number of hydrogen-bond acceptors (Lipinski definition) is 6. The Hall–Kier alpha value is -3.02. The van der Waals surface area contributed by atoms with E-state index in [2.05, 4.69) is 29.0 Å². The van der Waals surface area contributed by atoms with Crippen molar-refractivity contribution in [1.82, 2.24) is 24.4 Å². The van der Waals surface area contributed by atoms with Crippen LogP contribution in [-0.4, -0.2) is 55.2 Å². The van der Waals surface area contributed by atoms with Gasteiger partial charge >= 0.3 is 0 Å². The summed E-state index contributed by atoms with van der Waals surface area (Å²) in [6, 6.07) is 0.851. The summed E-state index contributed by atoms with van der Waals surface area (Å²) < 4.78 is 58.9. The minimum Gasteiger partial charge on any atom is -0.349 e. The van der Waals surface area contributed by atoms with Crippen molar-refractivity contribution in [2.75, 3.05) is 18.0 Å². The lowest BCUT2D eigenvalue weighted by Gasteiger charge is -2.36. The van der Waals surface area contributed by atoms with Crippen molar-refractivity contribution >= 4 is 17.2 Å². The fourth-order valence-corrected chi connectivity index (χ4v) is 5.80. The molecule has 0 spiro atoms. The summed E-state index contributed by atoms with van der Waals surface area (Å²) in [7, 11) is 0. The quantitative estimate of drug-likeness (QED) is 0.344. The molecule has 3 aromatic rings. The van der Waals surface area contributed by atoms with Gasteiger partial charge in [-0.25, -0.2) is 27.1 Å². The molecule has 0 bridgehead atoms. The highest BCUT2D eigenvalue weighted by Crippen LogP contribution is 2.37. The van der Waals surface area contributed by atoms with Crippen LogP contribution in [0.25, 0.3) is 5.65 Å². The lowest BCUT2D eigenvalue weighted by molar-refractivity contribution is -0.0174. The van der Waals surface area contributed by atoms with E-state index in [1.807, 2.05) is 0 Å². The number of halogens is 4. The number of carbonyl (C=O) groups is 1. The molecule has 1 atom stereocenters. The molecule has 0 unspecified atom stereocenters. The zero-order valence-corrected chi connectivity index (χ0v) is 21.5. The van der Waals surface area contributed by atoms with Gasteiger partial charge < -0.3 is 10.6 Å². The molecule has 4 heterocycles. The summed E-state index contributed by atoms with van der Waals surface area (Å²) in [5.41, 5.74) is 5.91. The molecule has 206 valence electrons. The zero-order valence-electron chi connectivity index (χ0n) is 21.5. The highest BCUT2D eigenvalue weighted by Gasteiger charge is 2.39. The van der Waals surface area contributed by atoms with Crippen LogP contribution in [0.3, 0.4) is 0 Å². The van der Waals surface area contributed by atoms with Crippen molar-refractivity contribution in [3.63, 3.8) is 0 Å². The molecule has 3 aromatic heterocycles. The molecule has 1 saturated heterocycles. The molecule has 0 radical (unpaired) electrons. The van der Waals surface area contributed by atoms with Gasteiger partial charge in [-0.3, -0.25) is 9.48 Å². The largest absolute Gasteiger partial charge is 0.349 e. The van der Waals surface area contributed by atoms with E-state index in [1.54, 1.807) is 10.9 Å². The van der Waals surface area contributed by atoms with Gasteiger partial charge in [-0.15, -0.1) is 0 Å². The summed E-state index contributed by atoms with van der Waals surface area (Å²) in [4.78, 5) is 19.1. The summed E-state index contributed by atoms with van der Waals surface area (Å²) in [6.45, 7) is 4.07. The molecule has 1 saturated carbocycles. The number of ketones is 1. The number of Topliss-reactive ketones (excluding diaryl/α,β-unsaturated/α-hetero) is 1. The first kappa shape index (κ1) is 26.6. The molecule has 0 amide bonds. The number of anilines is 1. The molecule has 5 rings (SSSR count). The second kappa shape index (κ2) is 10.3. The van der Waals surface area contributed by atoms with Crippen LogP contribution in [0.2, 0.25) is 0 Å². The molecule has 12 heteroatoms. The normalized spacial score (nSPS) is 24.0. The second-order valence-electron chi connectivity index (χ2n) is 11.0. The van der Waals surface area contributed by atoms with Crippen LogP contribution < -0.4 is 10.6 Å². The van der Waals surface area contributed by atoms with Crippen molar-refractivity contribution in [2.24, 2.45) is 17.6 Å². The van der Waals surface area contributed by atoms with E-state index in [4.69, 9.17) is 5.73 Å². The van der Waals surface area contributed by atoms with Crippen LogP contribution in [-0.2, 0) is 6.42 Å². The van der Waals surface area contributed by atoms with Gasteiger partial charge in [0.05, 0.1) is 24.3 Å². The Kier molecular flexibility index (Phi) is 7.19. The van der Waals surface area contributed by atoms with E-state index in [0.29, 0.717) is 11.8 Å². The highest BCUT2D eigenvalue weighted by molar-refractivity contribution is 6.02. The topological polar surface area (TPSA) is 94.3 Å². The maximum Gasteiger partial charge on any atom is 0.282 e. The van der Waals surface area contributed by atoms with E-state index in [-0.39, 0.29) is 47.3 Å². The molecule has 2 N–H and O–H groups in total. The van der Waals surface area contributed by atoms with Crippen LogP contribution in [0, 0.1) is 11.8 Å². The van der Waals surface area contributed by atoms with Gasteiger partial charge in [0.25, 0.3) is 12.3 Å². The van der Waals surface area contributed by atoms with Crippen LogP contribution in [0.15, 0.2) is 24.7 Å². The smallest absolute Gasteiger partial charge is 0.282 e. The molecule has 1 aliphatic carbocycles. The minimum absolute atomic E-state index is 0.0293. The van der Waals surface area contributed by atoms with Gasteiger partial charge in [-0.1, -0.05) is 13.8 Å². The number of nitrogens with two attached hydrogens (primary N) is 1. The van der Waals surface area contributed by atoms with Gasteiger partial charge in [0.1, 0.15) is 11.5 Å². The van der Waals surface area contributed by atoms with Crippen molar-refractivity contribution in [1.29, 1.82) is 0 Å². The van der Waals surface area contributed by atoms with Crippen LogP contribution >= 0.6 is 0 Å². The number of piperidine rings is 1. The van der Waals surface area contributed by atoms with Crippen LogP contribution in [0.5, 0.6) is 0 Å². The van der Waals surface area contributed by atoms with E-state index in [9.17, 15) is 22.4 Å². The number of hydrogen-bond donors (Lipinski definition) is 1. The van der Waals surface area contributed by atoms with Crippen LogP contribution in [0.4, 0.5) is 23.4 Å². The van der Waals surface area contributed by atoms with Gasteiger partial charge in [0.15, 0.2) is 11.4 Å². The first-order valence-electron chi connectivity index (χ1n) is 13.1. The Labute approximate surface area is 218 Å². The third-order valence-corrected chi connectivity index (χ3v) is 7.87. The molecular weight excluding hydrogens is 502 g/mol. The summed E-state index contributed by atoms with van der Waals surface area (Å²) in [5, 5.41) is 8.33. The Balaban J connectivity index is 1.37. The first-order chi connectivity index (χ1) is 18.0. The van der Waals surface area contributed by atoms with Crippen molar-refractivity contribution < 1.29 is 22.4 Å². The summed E-state index contributed by atoms with van der Waals surface area (Å²) in [5.74, 6) is -1.95. The number of nitrogens with zero attached hydrogens (tertiary/aromatic N) is 6. The Morgan fingerprint density at radius 1 is 1.21 bits per heavy atom. The average Bonchev–Trinajstić information content (AvgIpc) is 3.47. The Morgan fingerprint density at radius 2 is 1.95 bits per heavy atom. The van der Waals surface area contributed by atoms with Gasteiger partial charge in [0, 0.05) is 43.4 Å². The number of alkyl halides is 4. The lowest BCUT2D eigenvalue weighted by Crippen LogP contribution is -2.52. The minimum atomic E-state index is -2.95. The van der Waals surface area contributed by atoms with Crippen LogP contribution in [0.1, 0.15) is 80.0 Å². The van der Waals surface area contributed by atoms with E-state index >= 15 is 0 Å². The van der Waals surface area contributed by atoms with Crippen molar-refractivity contribution in [3.8, 4) is 0 Å². The highest BCUT2D eigenvalue weighted by atomic mass is 19.3. The molecule has 8 nitrogen and oxygen atoms in total. The second-order valence-corrected chi connectivity index (χ2v) is 11.0. The maximum absolute atomic E-state index is 14.1. The van der Waals surface area contributed by atoms with Crippen molar-refractivity contribution in [3.05, 3.63) is 41.5 Å². The molecule has 38 heavy (non-hydrogen) atoms. The molecule has 0 aromatic carbocycles. The molecular formula is C26H33F4N7O. The van der Waals surface area contributed by atoms with Gasteiger partial charge in [-0.05, 0) is 43.6 Å². The first-order valence-corrected chi connectivity index (χ1v) is 13.1. The zero-order chi connectivity index (χ0) is 27.2. The SMILES string of the molecule is CC(C)C1CCC(n2cc(CC(=O)c3cnn4ccc(N5C[C@H](N)CC(F)(F)C5)nc34)c(C(F)F)n2)CC1. The monoisotopic (exact) mass is 535 g/mol. The molecule has 1 aliphatic heterocycles. The third-order valence-electron chi connectivity index (χ3n) is 7.87. The van der Waals surface area contributed by atoms with Crippen molar-refractivity contribution in [2.45, 2.75) is 76.8 Å². The number of fused-ring (bicyclic) bond motifs is 1. The fraction of sp³-hybridized carbons (Fsp3) is 0.615. The van der Waals surface area contributed by atoms with E-state index < -0.39 is 37.1 Å². The van der Waals surface area contributed by atoms with E-state index in [0.717, 1.165) is 25.7 Å². The maximum atomic E-state index is 14.1. The lowest BCUT2D eigenvalue weighted by atomic mass is 9.80. The molecule has 2 aliphatic rings. The standard InChI is InChI=1S/C26H33F4N7O/c1-15(2)16-3-5-19(6-4-16)37-12-17(23(34-37)24(27)28)9-21(38)20-11-32-36-8-7-22(33-25(20)36)35-13-18(31)10-26(29,30)14-35/h7-8,11-12,15-16,18-19,24H,3-6,9-10,13-14,31H2,1-2H3/t16?,18-,19?/m1/s1. The van der Waals surface area contributed by atoms with E-state index in [1.165, 1.54) is 27.9 Å². The number of aromatic nitrogens is 5. The third kappa shape index (κ3) is 5.41. The predicted molar refractivity (Wildman–Crippen MR) is 134 cm³/mol. The summed E-state index contributed by atoms with van der Waals surface area (Å²) in [6.07, 6.45) is 4.68. The Morgan fingerprint density at radius 3 is 2.61 bits per heavy atom. The summed E-state index contributed by atoms with van der Waals surface area (Å²) >= 11 is 0. The number of carbonyl (C=O) groups excluding carboxylic acids is 1. The molecule has 2 fully saturated rings. The predicted octanol–water partition coefficient (Wildman–Crippen LogP) is 4.85. The van der Waals surface area contributed by atoms with Gasteiger partial charge in [-0.2, -0.15) is 10.2 Å². The average molecular weight is 536 g/mol. The Bertz CT molecular complexity index is 1300. The number of rotatable bonds is 7. The fourth-order valence-electron chi connectivity index (χ4n) is 5.80.